The van der Waals surface area contributed by atoms with Crippen molar-refractivity contribution in [2.24, 2.45) is 15.4 Å². The first kappa shape index (κ1) is 13.8. The lowest BCUT2D eigenvalue weighted by Gasteiger charge is -2.06. The molecule has 0 bridgehead atoms. The minimum absolute atomic E-state index is 0.225. The number of benzene rings is 1. The molecule has 1 aromatic carbocycles. The number of carbonyl (C=O) groups is 1. The van der Waals surface area contributed by atoms with E-state index in [2.05, 4.69) is 26.1 Å². The summed E-state index contributed by atoms with van der Waals surface area (Å²) in [6.45, 7) is 0. The summed E-state index contributed by atoms with van der Waals surface area (Å²) in [5, 5.41) is 16.0. The molecule has 0 fully saturated rings. The van der Waals surface area contributed by atoms with Gasteiger partial charge in [0.1, 0.15) is 0 Å². The van der Waals surface area contributed by atoms with Crippen molar-refractivity contribution in [2.45, 2.75) is 12.8 Å². The third-order valence-corrected chi connectivity index (χ3v) is 2.20. The number of anilines is 1. The highest BCUT2D eigenvalue weighted by atomic mass is 16.2. The fourth-order valence-electron chi connectivity index (χ4n) is 1.38. The molecule has 0 aliphatic carbocycles. The lowest BCUT2D eigenvalue weighted by atomic mass is 10.1. The number of nitrogens with zero attached hydrogens (tertiary/aromatic N) is 3. The molecule has 0 radical (unpaired) electrons. The molecule has 1 rings (SSSR count). The predicted molar refractivity (Wildman–Crippen MR) is 72.1 cm³/mol. The Bertz CT molecular complexity index is 442. The molecular weight excluding hydrogens is 230 g/mol. The van der Waals surface area contributed by atoms with Crippen LogP contribution in [0.3, 0.4) is 0 Å². The number of urea groups is 1. The fourth-order valence-corrected chi connectivity index (χ4v) is 1.38. The molecule has 0 aliphatic rings. The SMILES string of the molecule is CN=N/N=C\CCc1cccc(NC(=O)NC)c1. The van der Waals surface area contributed by atoms with Crippen molar-refractivity contribution in [2.75, 3.05) is 19.4 Å². The monoisotopic (exact) mass is 247 g/mol. The van der Waals surface area contributed by atoms with Crippen LogP contribution in [0.4, 0.5) is 10.5 Å². The lowest BCUT2D eigenvalue weighted by molar-refractivity contribution is 0.254. The van der Waals surface area contributed by atoms with Gasteiger partial charge < -0.3 is 10.6 Å². The molecule has 0 unspecified atom stereocenters. The molecule has 0 atom stereocenters. The summed E-state index contributed by atoms with van der Waals surface area (Å²) in [5.74, 6) is 0. The molecule has 0 spiro atoms. The molecule has 2 N–H and O–H groups in total. The summed E-state index contributed by atoms with van der Waals surface area (Å²) in [7, 11) is 3.16. The molecule has 0 heterocycles. The average molecular weight is 247 g/mol. The van der Waals surface area contributed by atoms with E-state index < -0.39 is 0 Å². The minimum Gasteiger partial charge on any atom is -0.341 e. The van der Waals surface area contributed by atoms with Crippen LogP contribution in [0.1, 0.15) is 12.0 Å². The molecule has 2 amide bonds. The van der Waals surface area contributed by atoms with Gasteiger partial charge in [-0.25, -0.2) is 4.79 Å². The minimum atomic E-state index is -0.225. The Kier molecular flexibility index (Phi) is 6.10. The number of hydrogen-bond donors (Lipinski definition) is 2. The summed E-state index contributed by atoms with van der Waals surface area (Å²) >= 11 is 0. The second kappa shape index (κ2) is 7.94. The third kappa shape index (κ3) is 5.20. The van der Waals surface area contributed by atoms with Gasteiger partial charge in [0, 0.05) is 18.9 Å². The molecule has 1 aromatic rings. The van der Waals surface area contributed by atoms with Gasteiger partial charge in [-0.3, -0.25) is 0 Å². The molecule has 0 saturated carbocycles. The van der Waals surface area contributed by atoms with Crippen molar-refractivity contribution < 1.29 is 4.79 Å². The van der Waals surface area contributed by atoms with Crippen LogP contribution in [0.5, 0.6) is 0 Å². The Morgan fingerprint density at radius 1 is 1.44 bits per heavy atom. The second-order valence-corrected chi connectivity index (χ2v) is 3.53. The molecule has 0 aromatic heterocycles. The molecule has 0 saturated heterocycles. The quantitative estimate of drug-likeness (QED) is 0.468. The highest BCUT2D eigenvalue weighted by Gasteiger charge is 1.99. The Hall–Kier alpha value is -2.24. The van der Waals surface area contributed by atoms with E-state index >= 15 is 0 Å². The van der Waals surface area contributed by atoms with Crippen molar-refractivity contribution in [3.8, 4) is 0 Å². The standard InChI is InChI=1S/C12H17N5O/c1-13-12(18)16-11-7-3-5-10(9-11)6-4-8-15-17-14-2/h3,5,7-9H,4,6H2,1-2H3,(H2,13,16,18)/b15-8-,17-14?. The molecular formula is C12H17N5O. The molecule has 6 nitrogen and oxygen atoms in total. The zero-order valence-electron chi connectivity index (χ0n) is 10.6. The number of hydrogen-bond acceptors (Lipinski definition) is 3. The van der Waals surface area contributed by atoms with Crippen LogP contribution in [0.2, 0.25) is 0 Å². The second-order valence-electron chi connectivity index (χ2n) is 3.53. The van der Waals surface area contributed by atoms with Gasteiger partial charge in [-0.15, -0.1) is 5.10 Å². The van der Waals surface area contributed by atoms with Gasteiger partial charge in [0.15, 0.2) is 0 Å². The van der Waals surface area contributed by atoms with E-state index in [0.717, 1.165) is 24.1 Å². The van der Waals surface area contributed by atoms with Crippen LogP contribution in [-0.2, 0) is 6.42 Å². The highest BCUT2D eigenvalue weighted by molar-refractivity contribution is 5.89. The Labute approximate surface area is 106 Å². The molecule has 6 heteroatoms. The number of nitrogens with one attached hydrogen (secondary N) is 2. The van der Waals surface area contributed by atoms with Gasteiger partial charge in [-0.1, -0.05) is 17.4 Å². The average Bonchev–Trinajstić information content (AvgIpc) is 2.39. The summed E-state index contributed by atoms with van der Waals surface area (Å²) in [6.07, 6.45) is 3.33. The van der Waals surface area contributed by atoms with E-state index in [1.807, 2.05) is 24.3 Å². The number of amides is 2. The number of carbonyl (C=O) groups excluding carboxylic acids is 1. The molecule has 18 heavy (non-hydrogen) atoms. The fraction of sp³-hybridized carbons (Fsp3) is 0.333. The smallest absolute Gasteiger partial charge is 0.318 e. The van der Waals surface area contributed by atoms with E-state index in [1.165, 1.54) is 0 Å². The van der Waals surface area contributed by atoms with E-state index in [4.69, 9.17) is 0 Å². The van der Waals surface area contributed by atoms with Crippen molar-refractivity contribution in [3.05, 3.63) is 29.8 Å². The van der Waals surface area contributed by atoms with Gasteiger partial charge in [0.05, 0.1) is 7.05 Å². The van der Waals surface area contributed by atoms with Crippen molar-refractivity contribution in [3.63, 3.8) is 0 Å². The zero-order valence-corrected chi connectivity index (χ0v) is 10.6. The van der Waals surface area contributed by atoms with E-state index in [-0.39, 0.29) is 6.03 Å². The van der Waals surface area contributed by atoms with Crippen LogP contribution in [-0.4, -0.2) is 26.3 Å². The van der Waals surface area contributed by atoms with Gasteiger partial charge >= 0.3 is 6.03 Å². The topological polar surface area (TPSA) is 78.2 Å². The Morgan fingerprint density at radius 3 is 3.00 bits per heavy atom. The largest absolute Gasteiger partial charge is 0.341 e. The van der Waals surface area contributed by atoms with Crippen LogP contribution in [0.25, 0.3) is 0 Å². The maximum Gasteiger partial charge on any atom is 0.318 e. The Morgan fingerprint density at radius 2 is 2.28 bits per heavy atom. The first-order valence-electron chi connectivity index (χ1n) is 5.64. The van der Waals surface area contributed by atoms with Gasteiger partial charge in [-0.05, 0) is 30.5 Å². The first-order valence-corrected chi connectivity index (χ1v) is 5.64. The zero-order chi connectivity index (χ0) is 13.2. The van der Waals surface area contributed by atoms with Crippen LogP contribution in [0, 0.1) is 0 Å². The van der Waals surface area contributed by atoms with E-state index in [9.17, 15) is 4.79 Å². The van der Waals surface area contributed by atoms with E-state index in [1.54, 1.807) is 20.3 Å². The predicted octanol–water partition coefficient (Wildman–Crippen LogP) is 2.44. The Balaban J connectivity index is 2.51. The highest BCUT2D eigenvalue weighted by Crippen LogP contribution is 2.11. The van der Waals surface area contributed by atoms with Crippen LogP contribution < -0.4 is 10.6 Å². The number of rotatable bonds is 5. The maximum atomic E-state index is 11.2. The third-order valence-electron chi connectivity index (χ3n) is 2.20. The van der Waals surface area contributed by atoms with Crippen molar-refractivity contribution in [1.29, 1.82) is 0 Å². The maximum absolute atomic E-state index is 11.2. The summed E-state index contributed by atoms with van der Waals surface area (Å²) in [4.78, 5) is 11.2. The summed E-state index contributed by atoms with van der Waals surface area (Å²) in [6, 6.07) is 7.47. The molecule has 0 aliphatic heterocycles. The van der Waals surface area contributed by atoms with Gasteiger partial charge in [-0.2, -0.15) is 5.11 Å². The van der Waals surface area contributed by atoms with Crippen LogP contribution in [0.15, 0.2) is 39.7 Å². The first-order chi connectivity index (χ1) is 8.76. The van der Waals surface area contributed by atoms with Gasteiger partial charge in [0.25, 0.3) is 0 Å². The molecule has 96 valence electrons. The summed E-state index contributed by atoms with van der Waals surface area (Å²) in [5.41, 5.74) is 1.90. The number of aryl methyl sites for hydroxylation is 1. The van der Waals surface area contributed by atoms with Crippen LogP contribution >= 0.6 is 0 Å². The lowest BCUT2D eigenvalue weighted by Crippen LogP contribution is -2.24. The van der Waals surface area contributed by atoms with Crippen molar-refractivity contribution in [1.82, 2.24) is 5.32 Å². The normalized spacial score (nSPS) is 11.0. The van der Waals surface area contributed by atoms with E-state index in [0.29, 0.717) is 0 Å². The van der Waals surface area contributed by atoms with Gasteiger partial charge in [0.2, 0.25) is 0 Å². The summed E-state index contributed by atoms with van der Waals surface area (Å²) < 4.78 is 0. The van der Waals surface area contributed by atoms with Crippen molar-refractivity contribution >= 4 is 17.9 Å².